The third-order valence-corrected chi connectivity index (χ3v) is 3.38. The Balaban J connectivity index is 1.89. The highest BCUT2D eigenvalue weighted by molar-refractivity contribution is 6.17. The molecule has 0 aromatic carbocycles. The summed E-state index contributed by atoms with van der Waals surface area (Å²) in [5.74, 6) is 2.07. The SMILES string of the molecule is CC(C)Oc1cncc(NCC2(CCCl)CC2)n1. The fraction of sp³-hybridized carbons (Fsp3) is 0.692. The molecule has 1 aliphatic rings. The van der Waals surface area contributed by atoms with E-state index in [1.807, 2.05) is 13.8 Å². The lowest BCUT2D eigenvalue weighted by Crippen LogP contribution is -2.17. The van der Waals surface area contributed by atoms with E-state index in [1.165, 1.54) is 12.8 Å². The minimum atomic E-state index is 0.112. The van der Waals surface area contributed by atoms with Gasteiger partial charge < -0.3 is 10.1 Å². The largest absolute Gasteiger partial charge is 0.474 e. The van der Waals surface area contributed by atoms with Crippen molar-refractivity contribution in [1.29, 1.82) is 0 Å². The third kappa shape index (κ3) is 3.73. The van der Waals surface area contributed by atoms with E-state index in [0.29, 0.717) is 11.3 Å². The molecule has 1 heterocycles. The van der Waals surface area contributed by atoms with Crippen LogP contribution in [0.3, 0.4) is 0 Å². The summed E-state index contributed by atoms with van der Waals surface area (Å²) in [7, 11) is 0. The van der Waals surface area contributed by atoms with Crippen LogP contribution in [0.25, 0.3) is 0 Å². The molecule has 2 rings (SSSR count). The molecule has 0 radical (unpaired) electrons. The number of anilines is 1. The maximum absolute atomic E-state index is 5.81. The maximum Gasteiger partial charge on any atom is 0.234 e. The molecule has 1 aliphatic carbocycles. The van der Waals surface area contributed by atoms with Crippen molar-refractivity contribution in [2.24, 2.45) is 5.41 Å². The topological polar surface area (TPSA) is 47.0 Å². The first-order valence-electron chi connectivity index (χ1n) is 6.42. The first-order valence-corrected chi connectivity index (χ1v) is 6.96. The van der Waals surface area contributed by atoms with Gasteiger partial charge in [-0.25, -0.2) is 0 Å². The van der Waals surface area contributed by atoms with Gasteiger partial charge in [-0.2, -0.15) is 4.98 Å². The number of alkyl halides is 1. The van der Waals surface area contributed by atoms with Gasteiger partial charge >= 0.3 is 0 Å². The number of ether oxygens (including phenoxy) is 1. The van der Waals surface area contributed by atoms with Crippen molar-refractivity contribution in [3.63, 3.8) is 0 Å². The van der Waals surface area contributed by atoms with Crippen LogP contribution >= 0.6 is 11.6 Å². The number of aromatic nitrogens is 2. The molecule has 18 heavy (non-hydrogen) atoms. The van der Waals surface area contributed by atoms with Crippen molar-refractivity contribution in [3.8, 4) is 5.88 Å². The molecule has 0 spiro atoms. The van der Waals surface area contributed by atoms with Crippen LogP contribution in [0.1, 0.15) is 33.1 Å². The molecule has 0 unspecified atom stereocenters. The summed E-state index contributed by atoms with van der Waals surface area (Å²) in [6, 6.07) is 0. The molecule has 0 saturated heterocycles. The molecular formula is C13H20ClN3O. The van der Waals surface area contributed by atoms with Crippen molar-refractivity contribution in [3.05, 3.63) is 12.4 Å². The lowest BCUT2D eigenvalue weighted by atomic mass is 10.0. The number of nitrogens with zero attached hydrogens (tertiary/aromatic N) is 2. The Labute approximate surface area is 113 Å². The Kier molecular flexibility index (Phi) is 4.27. The lowest BCUT2D eigenvalue weighted by Gasteiger charge is -2.15. The highest BCUT2D eigenvalue weighted by Gasteiger charge is 2.41. The predicted octanol–water partition coefficient (Wildman–Crippen LogP) is 3.08. The number of nitrogens with one attached hydrogen (secondary N) is 1. The molecule has 100 valence electrons. The van der Waals surface area contributed by atoms with E-state index < -0.39 is 0 Å². The second kappa shape index (κ2) is 5.74. The van der Waals surface area contributed by atoms with Crippen molar-refractivity contribution < 1.29 is 4.74 Å². The van der Waals surface area contributed by atoms with Crippen molar-refractivity contribution in [1.82, 2.24) is 9.97 Å². The predicted molar refractivity (Wildman–Crippen MR) is 73.3 cm³/mol. The first kappa shape index (κ1) is 13.4. The standard InChI is InChI=1S/C13H20ClN3O/c1-10(2)18-12-8-15-7-11(17-12)16-9-13(3-4-13)5-6-14/h7-8,10H,3-6,9H2,1-2H3,(H,16,17). The Morgan fingerprint density at radius 1 is 1.44 bits per heavy atom. The molecule has 0 aliphatic heterocycles. The van der Waals surface area contributed by atoms with E-state index in [9.17, 15) is 0 Å². The molecule has 5 heteroatoms. The van der Waals surface area contributed by atoms with Crippen molar-refractivity contribution >= 4 is 17.4 Å². The van der Waals surface area contributed by atoms with Crippen LogP contribution in [0, 0.1) is 5.41 Å². The van der Waals surface area contributed by atoms with Crippen LogP contribution in [0.5, 0.6) is 5.88 Å². The zero-order valence-electron chi connectivity index (χ0n) is 10.9. The van der Waals surface area contributed by atoms with Gasteiger partial charge in [0.25, 0.3) is 0 Å². The minimum absolute atomic E-state index is 0.112. The fourth-order valence-electron chi connectivity index (χ4n) is 1.90. The molecule has 1 aromatic heterocycles. The van der Waals surface area contributed by atoms with Gasteiger partial charge in [0.05, 0.1) is 18.5 Å². The van der Waals surface area contributed by atoms with Gasteiger partial charge in [0, 0.05) is 12.4 Å². The van der Waals surface area contributed by atoms with Crippen LogP contribution in [0.2, 0.25) is 0 Å². The molecule has 0 bridgehead atoms. The Morgan fingerprint density at radius 3 is 2.83 bits per heavy atom. The molecule has 1 aromatic rings. The second-order valence-electron chi connectivity index (χ2n) is 5.20. The molecule has 4 nitrogen and oxygen atoms in total. The van der Waals surface area contributed by atoms with Crippen LogP contribution in [0.15, 0.2) is 12.4 Å². The van der Waals surface area contributed by atoms with Gasteiger partial charge in [0.1, 0.15) is 5.82 Å². The van der Waals surface area contributed by atoms with Gasteiger partial charge in [-0.05, 0) is 38.5 Å². The molecular weight excluding hydrogens is 250 g/mol. The van der Waals surface area contributed by atoms with Gasteiger partial charge in [-0.1, -0.05) is 0 Å². The average Bonchev–Trinajstić information content (AvgIpc) is 3.07. The summed E-state index contributed by atoms with van der Waals surface area (Å²) in [6.45, 7) is 4.86. The van der Waals surface area contributed by atoms with Crippen LogP contribution in [-0.2, 0) is 0 Å². The second-order valence-corrected chi connectivity index (χ2v) is 5.58. The summed E-state index contributed by atoms with van der Waals surface area (Å²) in [6.07, 6.45) is 7.04. The van der Waals surface area contributed by atoms with E-state index in [-0.39, 0.29) is 6.10 Å². The number of hydrogen-bond donors (Lipinski definition) is 1. The third-order valence-electron chi connectivity index (χ3n) is 3.20. The highest BCUT2D eigenvalue weighted by atomic mass is 35.5. The number of hydrogen-bond acceptors (Lipinski definition) is 4. The van der Waals surface area contributed by atoms with Gasteiger partial charge in [0.15, 0.2) is 0 Å². The zero-order valence-corrected chi connectivity index (χ0v) is 11.7. The lowest BCUT2D eigenvalue weighted by molar-refractivity contribution is 0.232. The van der Waals surface area contributed by atoms with Gasteiger partial charge in [-0.15, -0.1) is 11.6 Å². The molecule has 1 N–H and O–H groups in total. The summed E-state index contributed by atoms with van der Waals surface area (Å²) < 4.78 is 5.52. The monoisotopic (exact) mass is 269 g/mol. The molecule has 0 atom stereocenters. The van der Waals surface area contributed by atoms with Crippen LogP contribution < -0.4 is 10.1 Å². The quantitative estimate of drug-likeness (QED) is 0.773. The summed E-state index contributed by atoms with van der Waals surface area (Å²) >= 11 is 5.81. The van der Waals surface area contributed by atoms with E-state index in [4.69, 9.17) is 16.3 Å². The molecule has 1 fully saturated rings. The summed E-state index contributed by atoms with van der Waals surface area (Å²) in [4.78, 5) is 8.50. The van der Waals surface area contributed by atoms with Crippen molar-refractivity contribution in [2.45, 2.75) is 39.2 Å². The molecule has 0 amide bonds. The van der Waals surface area contributed by atoms with E-state index in [2.05, 4.69) is 15.3 Å². The summed E-state index contributed by atoms with van der Waals surface area (Å²) in [5.41, 5.74) is 0.387. The normalized spacial score (nSPS) is 16.7. The van der Waals surface area contributed by atoms with E-state index in [0.717, 1.165) is 24.7 Å². The average molecular weight is 270 g/mol. The summed E-state index contributed by atoms with van der Waals surface area (Å²) in [5, 5.41) is 3.33. The van der Waals surface area contributed by atoms with E-state index >= 15 is 0 Å². The Morgan fingerprint density at radius 2 is 2.22 bits per heavy atom. The van der Waals surface area contributed by atoms with Crippen molar-refractivity contribution in [2.75, 3.05) is 17.7 Å². The van der Waals surface area contributed by atoms with Crippen LogP contribution in [0.4, 0.5) is 5.82 Å². The highest BCUT2D eigenvalue weighted by Crippen LogP contribution is 2.48. The maximum atomic E-state index is 5.81. The first-order chi connectivity index (χ1) is 8.63. The number of halogens is 1. The fourth-order valence-corrected chi connectivity index (χ4v) is 2.30. The minimum Gasteiger partial charge on any atom is -0.474 e. The Bertz CT molecular complexity index is 394. The smallest absolute Gasteiger partial charge is 0.234 e. The zero-order chi connectivity index (χ0) is 13.0. The number of rotatable bonds is 7. The van der Waals surface area contributed by atoms with Gasteiger partial charge in [-0.3, -0.25) is 4.98 Å². The van der Waals surface area contributed by atoms with Crippen LogP contribution in [-0.4, -0.2) is 28.5 Å². The molecule has 1 saturated carbocycles. The Hall–Kier alpha value is -1.03. The van der Waals surface area contributed by atoms with Gasteiger partial charge in [0.2, 0.25) is 5.88 Å². The van der Waals surface area contributed by atoms with E-state index in [1.54, 1.807) is 12.4 Å².